The minimum absolute atomic E-state index is 0. The van der Waals surface area contributed by atoms with Crippen molar-refractivity contribution in [3.05, 3.63) is 17.8 Å². The number of aliphatic imine (C=N–C) groups is 1. The minimum Gasteiger partial charge on any atom is -0.443 e. The third-order valence-corrected chi connectivity index (χ3v) is 5.69. The highest BCUT2D eigenvalue weighted by atomic mass is 127. The summed E-state index contributed by atoms with van der Waals surface area (Å²) in [5, 5.41) is 7.03. The first-order valence-electron chi connectivity index (χ1n) is 10.1. The number of fused-ring (bicyclic) bond motifs is 2. The van der Waals surface area contributed by atoms with Gasteiger partial charge in [-0.1, -0.05) is 27.2 Å². The van der Waals surface area contributed by atoms with E-state index >= 15 is 0 Å². The van der Waals surface area contributed by atoms with Crippen LogP contribution in [0, 0.1) is 0 Å². The van der Waals surface area contributed by atoms with Crippen molar-refractivity contribution >= 4 is 29.9 Å². The van der Waals surface area contributed by atoms with Gasteiger partial charge in [-0.2, -0.15) is 0 Å². The summed E-state index contributed by atoms with van der Waals surface area (Å²) in [5.41, 5.74) is -0.0242. The smallest absolute Gasteiger partial charge is 0.216 e. The summed E-state index contributed by atoms with van der Waals surface area (Å²) in [6.45, 7) is 9.80. The molecule has 2 saturated heterocycles. The van der Waals surface area contributed by atoms with Crippen molar-refractivity contribution in [1.82, 2.24) is 20.5 Å². The maximum Gasteiger partial charge on any atom is 0.216 e. The molecule has 2 aliphatic rings. The molecule has 6 nitrogen and oxygen atoms in total. The van der Waals surface area contributed by atoms with E-state index in [-0.39, 0.29) is 29.4 Å². The molecule has 7 heteroatoms. The van der Waals surface area contributed by atoms with Crippen LogP contribution >= 0.6 is 24.0 Å². The third-order valence-electron chi connectivity index (χ3n) is 5.69. The third kappa shape index (κ3) is 5.82. The zero-order valence-electron chi connectivity index (χ0n) is 17.4. The van der Waals surface area contributed by atoms with Crippen molar-refractivity contribution in [2.24, 2.45) is 4.99 Å². The number of aromatic nitrogens is 1. The van der Waals surface area contributed by atoms with Crippen LogP contribution in [0.3, 0.4) is 0 Å². The predicted molar refractivity (Wildman–Crippen MR) is 121 cm³/mol. The molecule has 3 rings (SSSR count). The summed E-state index contributed by atoms with van der Waals surface area (Å²) in [6, 6.07) is 1.92. The van der Waals surface area contributed by atoms with Gasteiger partial charge in [0, 0.05) is 30.1 Å². The standard InChI is InChI=1S/C20H35N5O.HI/c1-6-21-19(23-13-18-22-12-17(26-18)20(2,3)4)24-14-10-15-8-7-9-16(11-14)25(15)5;/h12,14-16H,6-11,13H2,1-5H3,(H2,21,23,24);1H. The molecule has 0 amide bonds. The van der Waals surface area contributed by atoms with Crippen molar-refractivity contribution in [3.63, 3.8) is 0 Å². The number of rotatable bonds is 4. The normalized spacial score (nSPS) is 26.4. The number of nitrogens with zero attached hydrogens (tertiary/aromatic N) is 3. The Bertz CT molecular complexity index is 610. The molecule has 2 bridgehead atoms. The van der Waals surface area contributed by atoms with Gasteiger partial charge in [0.1, 0.15) is 12.3 Å². The van der Waals surface area contributed by atoms with Crippen molar-refractivity contribution in [1.29, 1.82) is 0 Å². The van der Waals surface area contributed by atoms with E-state index in [1.165, 1.54) is 32.1 Å². The second-order valence-electron chi connectivity index (χ2n) is 8.78. The van der Waals surface area contributed by atoms with Crippen molar-refractivity contribution in [2.75, 3.05) is 13.6 Å². The summed E-state index contributed by atoms with van der Waals surface area (Å²) in [4.78, 5) is 11.7. The number of nitrogens with one attached hydrogen (secondary N) is 2. The summed E-state index contributed by atoms with van der Waals surface area (Å²) in [5.74, 6) is 2.45. The fourth-order valence-electron chi connectivity index (χ4n) is 4.12. The molecule has 0 aliphatic carbocycles. The van der Waals surface area contributed by atoms with Crippen LogP contribution in [0.2, 0.25) is 0 Å². The summed E-state index contributed by atoms with van der Waals surface area (Å²) >= 11 is 0. The first-order valence-corrected chi connectivity index (χ1v) is 10.1. The van der Waals surface area contributed by atoms with E-state index < -0.39 is 0 Å². The summed E-state index contributed by atoms with van der Waals surface area (Å²) in [7, 11) is 2.29. The van der Waals surface area contributed by atoms with Crippen LogP contribution in [-0.4, -0.2) is 47.6 Å². The van der Waals surface area contributed by atoms with E-state index in [9.17, 15) is 0 Å². The lowest BCUT2D eigenvalue weighted by molar-refractivity contribution is 0.0526. The molecule has 2 aliphatic heterocycles. The quantitative estimate of drug-likeness (QED) is 0.384. The lowest BCUT2D eigenvalue weighted by atomic mass is 9.82. The largest absolute Gasteiger partial charge is 0.443 e. The van der Waals surface area contributed by atoms with Crippen molar-refractivity contribution in [3.8, 4) is 0 Å². The molecule has 1 aromatic heterocycles. The highest BCUT2D eigenvalue weighted by molar-refractivity contribution is 14.0. The zero-order chi connectivity index (χ0) is 18.7. The second kappa shape index (κ2) is 9.58. The van der Waals surface area contributed by atoms with Gasteiger partial charge < -0.3 is 20.0 Å². The number of hydrogen-bond acceptors (Lipinski definition) is 4. The average Bonchev–Trinajstić information content (AvgIpc) is 3.03. The van der Waals surface area contributed by atoms with Gasteiger partial charge in [0.05, 0.1) is 6.20 Å². The molecule has 0 saturated carbocycles. The minimum atomic E-state index is -0.0242. The van der Waals surface area contributed by atoms with Gasteiger partial charge in [-0.15, -0.1) is 24.0 Å². The first kappa shape index (κ1) is 22.5. The van der Waals surface area contributed by atoms with Gasteiger partial charge in [0.15, 0.2) is 5.96 Å². The van der Waals surface area contributed by atoms with E-state index in [1.807, 2.05) is 6.20 Å². The SMILES string of the molecule is CCNC(=NCc1ncc(C(C)(C)C)o1)NC1CC2CCCC(C1)N2C.I. The maximum absolute atomic E-state index is 5.86. The summed E-state index contributed by atoms with van der Waals surface area (Å²) in [6.07, 6.45) is 8.24. The Balaban J connectivity index is 0.00000261. The molecule has 154 valence electrons. The van der Waals surface area contributed by atoms with Crippen LogP contribution in [0.4, 0.5) is 0 Å². The fraction of sp³-hybridized carbons (Fsp3) is 0.800. The molecule has 2 fully saturated rings. The number of hydrogen-bond donors (Lipinski definition) is 2. The van der Waals surface area contributed by atoms with E-state index in [4.69, 9.17) is 9.41 Å². The van der Waals surface area contributed by atoms with Crippen LogP contribution in [0.5, 0.6) is 0 Å². The average molecular weight is 489 g/mol. The first-order chi connectivity index (χ1) is 12.4. The molecule has 1 aromatic rings. The maximum atomic E-state index is 5.86. The lowest BCUT2D eigenvalue weighted by Gasteiger charge is -2.47. The number of guanidine groups is 1. The summed E-state index contributed by atoms with van der Waals surface area (Å²) < 4.78 is 5.86. The second-order valence-corrected chi connectivity index (χ2v) is 8.78. The number of oxazole rings is 1. The van der Waals surface area contributed by atoms with E-state index in [2.05, 4.69) is 55.3 Å². The highest BCUT2D eigenvalue weighted by Gasteiger charge is 2.36. The van der Waals surface area contributed by atoms with Gasteiger partial charge >= 0.3 is 0 Å². The Morgan fingerprint density at radius 1 is 1.30 bits per heavy atom. The molecule has 27 heavy (non-hydrogen) atoms. The molecule has 2 N–H and O–H groups in total. The Morgan fingerprint density at radius 3 is 2.52 bits per heavy atom. The Morgan fingerprint density at radius 2 is 1.96 bits per heavy atom. The molecule has 0 spiro atoms. The lowest BCUT2D eigenvalue weighted by Crippen LogP contribution is -2.56. The Kier molecular flexibility index (Phi) is 7.97. The van der Waals surface area contributed by atoms with Gasteiger partial charge in [-0.05, 0) is 39.7 Å². The fourth-order valence-corrected chi connectivity index (χ4v) is 4.12. The Hall–Kier alpha value is -0.830. The van der Waals surface area contributed by atoms with E-state index in [0.717, 1.165) is 18.3 Å². The van der Waals surface area contributed by atoms with Gasteiger partial charge in [0.25, 0.3) is 0 Å². The highest BCUT2D eigenvalue weighted by Crippen LogP contribution is 2.32. The topological polar surface area (TPSA) is 65.7 Å². The van der Waals surface area contributed by atoms with Crippen LogP contribution in [0.1, 0.15) is 71.5 Å². The van der Waals surface area contributed by atoms with Crippen molar-refractivity contribution in [2.45, 2.75) is 89.9 Å². The molecular weight excluding hydrogens is 453 g/mol. The van der Waals surface area contributed by atoms with E-state index in [1.54, 1.807) is 0 Å². The van der Waals surface area contributed by atoms with Gasteiger partial charge in [-0.3, -0.25) is 0 Å². The van der Waals surface area contributed by atoms with Crippen molar-refractivity contribution < 1.29 is 4.42 Å². The van der Waals surface area contributed by atoms with E-state index in [0.29, 0.717) is 30.6 Å². The zero-order valence-corrected chi connectivity index (χ0v) is 19.7. The molecule has 0 aromatic carbocycles. The van der Waals surface area contributed by atoms with Crippen LogP contribution < -0.4 is 10.6 Å². The molecular formula is C20H36IN5O. The van der Waals surface area contributed by atoms with Crippen LogP contribution in [0.15, 0.2) is 15.6 Å². The molecule has 2 atom stereocenters. The number of halogens is 1. The molecule has 0 radical (unpaired) electrons. The molecule has 2 unspecified atom stereocenters. The predicted octanol–water partition coefficient (Wildman–Crippen LogP) is 3.66. The van der Waals surface area contributed by atoms with Gasteiger partial charge in [-0.25, -0.2) is 9.98 Å². The molecule has 3 heterocycles. The van der Waals surface area contributed by atoms with Crippen LogP contribution in [0.25, 0.3) is 0 Å². The van der Waals surface area contributed by atoms with Gasteiger partial charge in [0.2, 0.25) is 5.89 Å². The number of piperidine rings is 2. The van der Waals surface area contributed by atoms with Crippen LogP contribution in [-0.2, 0) is 12.0 Å². The Labute approximate surface area is 181 Å². The monoisotopic (exact) mass is 489 g/mol.